The summed E-state index contributed by atoms with van der Waals surface area (Å²) in [4.78, 5) is 14.5. The molecule has 16 heavy (non-hydrogen) atoms. The molecule has 0 heterocycles. The van der Waals surface area contributed by atoms with Gasteiger partial charge in [-0.15, -0.1) is 0 Å². The van der Waals surface area contributed by atoms with Gasteiger partial charge in [-0.05, 0) is 37.5 Å². The zero-order chi connectivity index (χ0) is 11.5. The van der Waals surface area contributed by atoms with E-state index in [4.69, 9.17) is 0 Å². The van der Waals surface area contributed by atoms with E-state index in [1.165, 1.54) is 6.42 Å². The molecule has 1 saturated carbocycles. The van der Waals surface area contributed by atoms with Crippen LogP contribution in [0.3, 0.4) is 0 Å². The van der Waals surface area contributed by atoms with Crippen molar-refractivity contribution in [3.63, 3.8) is 0 Å². The zero-order valence-corrected chi connectivity index (χ0v) is 10.5. The number of hydrogen-bond donors (Lipinski definition) is 0. The molecular formula is C14H23NO. The van der Waals surface area contributed by atoms with Gasteiger partial charge in [-0.25, -0.2) is 0 Å². The fourth-order valence-electron chi connectivity index (χ4n) is 3.17. The Kier molecular flexibility index (Phi) is 3.67. The fourth-order valence-corrected chi connectivity index (χ4v) is 3.17. The van der Waals surface area contributed by atoms with E-state index in [2.05, 4.69) is 30.9 Å². The van der Waals surface area contributed by atoms with Crippen molar-refractivity contribution < 1.29 is 4.79 Å². The van der Waals surface area contributed by atoms with Gasteiger partial charge in [0.25, 0.3) is 0 Å². The van der Waals surface area contributed by atoms with E-state index in [9.17, 15) is 4.79 Å². The normalized spacial score (nSPS) is 31.0. The second-order valence-corrected chi connectivity index (χ2v) is 5.21. The van der Waals surface area contributed by atoms with Gasteiger partial charge in [0.1, 0.15) is 0 Å². The van der Waals surface area contributed by atoms with Crippen LogP contribution in [0.1, 0.15) is 39.5 Å². The number of hydrogen-bond acceptors (Lipinski definition) is 1. The van der Waals surface area contributed by atoms with Crippen molar-refractivity contribution in [2.24, 2.45) is 17.8 Å². The van der Waals surface area contributed by atoms with E-state index in [-0.39, 0.29) is 0 Å². The second kappa shape index (κ2) is 5.03. The van der Waals surface area contributed by atoms with Crippen LogP contribution in [-0.2, 0) is 4.79 Å². The standard InChI is InChI=1S/C14H23NO/c1-3-7-15(8-4-2)14(16)13-10-11-5-6-12(13)9-11/h5-6,11-13H,3-4,7-10H2,1-2H3. The lowest BCUT2D eigenvalue weighted by molar-refractivity contribution is -0.136. The minimum atomic E-state index is 0.299. The minimum absolute atomic E-state index is 0.299. The highest BCUT2D eigenvalue weighted by Gasteiger charge is 2.41. The number of nitrogens with zero attached hydrogens (tertiary/aromatic N) is 1. The molecule has 2 bridgehead atoms. The maximum atomic E-state index is 12.4. The van der Waals surface area contributed by atoms with Gasteiger partial charge in [-0.3, -0.25) is 4.79 Å². The quantitative estimate of drug-likeness (QED) is 0.654. The summed E-state index contributed by atoms with van der Waals surface area (Å²) in [6, 6.07) is 0. The van der Waals surface area contributed by atoms with Crippen molar-refractivity contribution in [3.8, 4) is 0 Å². The van der Waals surface area contributed by atoms with E-state index in [0.717, 1.165) is 32.4 Å². The van der Waals surface area contributed by atoms with E-state index in [1.54, 1.807) is 0 Å². The minimum Gasteiger partial charge on any atom is -0.342 e. The van der Waals surface area contributed by atoms with Crippen LogP contribution in [0.5, 0.6) is 0 Å². The molecule has 0 aromatic carbocycles. The second-order valence-electron chi connectivity index (χ2n) is 5.21. The lowest BCUT2D eigenvalue weighted by Gasteiger charge is -2.27. The van der Waals surface area contributed by atoms with Crippen molar-refractivity contribution in [1.29, 1.82) is 0 Å². The average molecular weight is 221 g/mol. The van der Waals surface area contributed by atoms with Crippen LogP contribution < -0.4 is 0 Å². The van der Waals surface area contributed by atoms with Crippen LogP contribution >= 0.6 is 0 Å². The number of rotatable bonds is 5. The Balaban J connectivity index is 1.97. The van der Waals surface area contributed by atoms with Gasteiger partial charge in [0.05, 0.1) is 0 Å². The van der Waals surface area contributed by atoms with Crippen LogP contribution in [0.2, 0.25) is 0 Å². The average Bonchev–Trinajstić information content (AvgIpc) is 2.89. The maximum absolute atomic E-state index is 12.4. The summed E-state index contributed by atoms with van der Waals surface area (Å²) >= 11 is 0. The largest absolute Gasteiger partial charge is 0.342 e. The summed E-state index contributed by atoms with van der Waals surface area (Å²) in [6.07, 6.45) is 9.04. The van der Waals surface area contributed by atoms with Gasteiger partial charge in [0.2, 0.25) is 5.91 Å². The number of carbonyl (C=O) groups excluding carboxylic acids is 1. The van der Waals surface area contributed by atoms with Crippen molar-refractivity contribution in [2.45, 2.75) is 39.5 Å². The van der Waals surface area contributed by atoms with Crippen LogP contribution in [0.25, 0.3) is 0 Å². The van der Waals surface area contributed by atoms with Crippen molar-refractivity contribution in [3.05, 3.63) is 12.2 Å². The van der Waals surface area contributed by atoms with Crippen molar-refractivity contribution in [1.82, 2.24) is 4.90 Å². The zero-order valence-electron chi connectivity index (χ0n) is 10.5. The maximum Gasteiger partial charge on any atom is 0.226 e. The highest BCUT2D eigenvalue weighted by atomic mass is 16.2. The monoisotopic (exact) mass is 221 g/mol. The predicted molar refractivity (Wildman–Crippen MR) is 66.0 cm³/mol. The number of allylic oxidation sites excluding steroid dienone is 2. The molecule has 1 amide bonds. The van der Waals surface area contributed by atoms with Crippen molar-refractivity contribution >= 4 is 5.91 Å². The summed E-state index contributed by atoms with van der Waals surface area (Å²) < 4.78 is 0. The summed E-state index contributed by atoms with van der Waals surface area (Å²) in [7, 11) is 0. The van der Waals surface area contributed by atoms with Gasteiger partial charge < -0.3 is 4.90 Å². The summed E-state index contributed by atoms with van der Waals surface area (Å²) in [6.45, 7) is 6.17. The molecule has 3 atom stereocenters. The smallest absolute Gasteiger partial charge is 0.226 e. The first-order valence-corrected chi connectivity index (χ1v) is 6.73. The van der Waals surface area contributed by atoms with Gasteiger partial charge in [0, 0.05) is 19.0 Å². The SMILES string of the molecule is CCCN(CCC)C(=O)C1CC2C=CC1C2. The molecular weight excluding hydrogens is 198 g/mol. The van der Waals surface area contributed by atoms with Crippen LogP contribution in [0, 0.1) is 17.8 Å². The van der Waals surface area contributed by atoms with Crippen LogP contribution in [-0.4, -0.2) is 23.9 Å². The molecule has 2 rings (SSSR count). The molecule has 2 heteroatoms. The Bertz CT molecular complexity index is 278. The summed E-state index contributed by atoms with van der Waals surface area (Å²) in [5, 5.41) is 0. The first-order chi connectivity index (χ1) is 7.76. The third kappa shape index (κ3) is 2.16. The molecule has 3 unspecified atom stereocenters. The number of amides is 1. The van der Waals surface area contributed by atoms with Gasteiger partial charge in [-0.1, -0.05) is 26.0 Å². The molecule has 0 aliphatic heterocycles. The Morgan fingerprint density at radius 1 is 1.19 bits per heavy atom. The first kappa shape index (κ1) is 11.7. The molecule has 0 radical (unpaired) electrons. The van der Waals surface area contributed by atoms with Gasteiger partial charge in [-0.2, -0.15) is 0 Å². The Morgan fingerprint density at radius 2 is 1.88 bits per heavy atom. The first-order valence-electron chi connectivity index (χ1n) is 6.73. The topological polar surface area (TPSA) is 20.3 Å². The Morgan fingerprint density at radius 3 is 2.31 bits per heavy atom. The van der Waals surface area contributed by atoms with Gasteiger partial charge >= 0.3 is 0 Å². The third-order valence-corrected chi connectivity index (χ3v) is 3.89. The summed E-state index contributed by atoms with van der Waals surface area (Å²) in [5.74, 6) is 1.96. The highest BCUT2D eigenvalue weighted by molar-refractivity contribution is 5.80. The molecule has 0 N–H and O–H groups in total. The van der Waals surface area contributed by atoms with E-state index < -0.39 is 0 Å². The molecule has 2 aliphatic carbocycles. The van der Waals surface area contributed by atoms with E-state index >= 15 is 0 Å². The highest BCUT2D eigenvalue weighted by Crippen LogP contribution is 2.44. The molecule has 0 aromatic heterocycles. The molecule has 2 nitrogen and oxygen atoms in total. The molecule has 1 fully saturated rings. The molecule has 0 aromatic rings. The molecule has 0 saturated heterocycles. The molecule has 0 spiro atoms. The number of carbonyl (C=O) groups is 1. The Labute approximate surface area is 98.7 Å². The van der Waals surface area contributed by atoms with Crippen LogP contribution in [0.4, 0.5) is 0 Å². The van der Waals surface area contributed by atoms with E-state index in [0.29, 0.717) is 23.7 Å². The number of fused-ring (bicyclic) bond motifs is 2. The van der Waals surface area contributed by atoms with Crippen molar-refractivity contribution in [2.75, 3.05) is 13.1 Å². The fraction of sp³-hybridized carbons (Fsp3) is 0.786. The third-order valence-electron chi connectivity index (χ3n) is 3.89. The molecule has 2 aliphatic rings. The lowest BCUT2D eigenvalue weighted by Crippen LogP contribution is -2.38. The van der Waals surface area contributed by atoms with Crippen LogP contribution in [0.15, 0.2) is 12.2 Å². The van der Waals surface area contributed by atoms with Gasteiger partial charge in [0.15, 0.2) is 0 Å². The Hall–Kier alpha value is -0.790. The summed E-state index contributed by atoms with van der Waals surface area (Å²) in [5.41, 5.74) is 0. The molecule has 90 valence electrons. The lowest BCUT2D eigenvalue weighted by atomic mass is 9.92. The predicted octanol–water partition coefficient (Wildman–Crippen LogP) is 2.85. The van der Waals surface area contributed by atoms with E-state index in [1.807, 2.05) is 0 Å².